The van der Waals surface area contributed by atoms with Crippen molar-refractivity contribution in [3.63, 3.8) is 0 Å². The highest BCUT2D eigenvalue weighted by Gasteiger charge is 2.27. The lowest BCUT2D eigenvalue weighted by atomic mass is 9.94. The van der Waals surface area contributed by atoms with Crippen LogP contribution in [-0.4, -0.2) is 61.9 Å². The van der Waals surface area contributed by atoms with Crippen LogP contribution in [0.15, 0.2) is 0 Å². The highest BCUT2D eigenvalue weighted by atomic mass is 16.5. The number of ether oxygens (including phenoxy) is 1. The molecular formula is C11H22N2O3. The zero-order valence-electron chi connectivity index (χ0n) is 10.3. The number of rotatable bonds is 5. The third-order valence-corrected chi connectivity index (χ3v) is 2.86. The van der Waals surface area contributed by atoms with Crippen LogP contribution in [-0.2, 0) is 9.53 Å². The molecule has 0 saturated carbocycles. The van der Waals surface area contributed by atoms with Gasteiger partial charge in [-0.25, -0.2) is 0 Å². The number of morpholine rings is 1. The Morgan fingerprint density at radius 2 is 2.31 bits per heavy atom. The first-order valence-electron chi connectivity index (χ1n) is 5.66. The molecule has 16 heavy (non-hydrogen) atoms. The van der Waals surface area contributed by atoms with Crippen LogP contribution in [0.4, 0.5) is 0 Å². The molecule has 0 aromatic heterocycles. The number of likely N-dealkylation sites (N-methyl/N-ethyl adjacent to an activating group) is 1. The van der Waals surface area contributed by atoms with E-state index in [4.69, 9.17) is 9.84 Å². The molecule has 1 aliphatic rings. The topological polar surface area (TPSA) is 61.8 Å². The molecule has 0 aliphatic carbocycles. The molecule has 2 N–H and O–H groups in total. The van der Waals surface area contributed by atoms with Gasteiger partial charge >= 0.3 is 5.97 Å². The van der Waals surface area contributed by atoms with Crippen molar-refractivity contribution in [2.45, 2.75) is 20.0 Å². The van der Waals surface area contributed by atoms with Crippen molar-refractivity contribution in [2.75, 3.05) is 39.8 Å². The van der Waals surface area contributed by atoms with Gasteiger partial charge in [-0.1, -0.05) is 0 Å². The van der Waals surface area contributed by atoms with Crippen molar-refractivity contribution in [2.24, 2.45) is 5.41 Å². The molecular weight excluding hydrogens is 208 g/mol. The minimum Gasteiger partial charge on any atom is -0.481 e. The molecule has 1 unspecified atom stereocenters. The Hall–Kier alpha value is -0.650. The fourth-order valence-electron chi connectivity index (χ4n) is 1.61. The number of nitrogens with one attached hydrogen (secondary N) is 1. The summed E-state index contributed by atoms with van der Waals surface area (Å²) in [5.41, 5.74) is -0.722. The van der Waals surface area contributed by atoms with Gasteiger partial charge in [-0.05, 0) is 20.9 Å². The van der Waals surface area contributed by atoms with Gasteiger partial charge < -0.3 is 20.1 Å². The molecule has 5 nitrogen and oxygen atoms in total. The van der Waals surface area contributed by atoms with E-state index in [9.17, 15) is 4.79 Å². The van der Waals surface area contributed by atoms with Gasteiger partial charge in [-0.3, -0.25) is 4.79 Å². The molecule has 1 fully saturated rings. The van der Waals surface area contributed by atoms with E-state index >= 15 is 0 Å². The van der Waals surface area contributed by atoms with Gasteiger partial charge in [-0.15, -0.1) is 0 Å². The first-order valence-corrected chi connectivity index (χ1v) is 5.66. The zero-order valence-corrected chi connectivity index (χ0v) is 10.3. The lowest BCUT2D eigenvalue weighted by molar-refractivity contribution is -0.146. The van der Waals surface area contributed by atoms with E-state index < -0.39 is 11.4 Å². The number of aliphatic carboxylic acids is 1. The summed E-state index contributed by atoms with van der Waals surface area (Å²) in [5.74, 6) is -0.776. The van der Waals surface area contributed by atoms with Gasteiger partial charge in [0.15, 0.2) is 0 Å². The zero-order chi connectivity index (χ0) is 12.2. The van der Waals surface area contributed by atoms with E-state index in [-0.39, 0.29) is 6.10 Å². The minimum absolute atomic E-state index is 0.170. The standard InChI is InChI=1S/C11H22N2O3/c1-11(2,10(14)15)8-12-6-9-7-13(3)4-5-16-9/h9,12H,4-8H2,1-3H3,(H,14,15). The molecule has 1 aliphatic heterocycles. The predicted molar refractivity (Wildman–Crippen MR) is 61.5 cm³/mol. The second-order valence-corrected chi connectivity index (χ2v) is 5.07. The third kappa shape index (κ3) is 4.08. The van der Waals surface area contributed by atoms with Crippen LogP contribution < -0.4 is 5.32 Å². The fourth-order valence-corrected chi connectivity index (χ4v) is 1.61. The van der Waals surface area contributed by atoms with Gasteiger partial charge in [0.1, 0.15) is 0 Å². The Labute approximate surface area is 96.8 Å². The molecule has 0 amide bonds. The van der Waals surface area contributed by atoms with Crippen LogP contribution >= 0.6 is 0 Å². The van der Waals surface area contributed by atoms with Gasteiger partial charge in [-0.2, -0.15) is 0 Å². The molecule has 1 heterocycles. The van der Waals surface area contributed by atoms with E-state index in [2.05, 4.69) is 17.3 Å². The minimum atomic E-state index is -0.776. The maximum atomic E-state index is 10.9. The predicted octanol–water partition coefficient (Wildman–Crippen LogP) is 0.0174. The third-order valence-electron chi connectivity index (χ3n) is 2.86. The van der Waals surface area contributed by atoms with Crippen LogP contribution in [0.3, 0.4) is 0 Å². The van der Waals surface area contributed by atoms with Crippen molar-refractivity contribution in [1.29, 1.82) is 0 Å². The van der Waals surface area contributed by atoms with Crippen molar-refractivity contribution in [3.05, 3.63) is 0 Å². The summed E-state index contributed by atoms with van der Waals surface area (Å²) >= 11 is 0. The molecule has 1 atom stereocenters. The Bertz CT molecular complexity index is 243. The Kier molecular flexibility index (Phi) is 4.70. The van der Waals surface area contributed by atoms with Crippen LogP contribution in [0.5, 0.6) is 0 Å². The molecule has 0 aromatic carbocycles. The number of hydrogen-bond acceptors (Lipinski definition) is 4. The Morgan fingerprint density at radius 3 is 2.88 bits per heavy atom. The molecule has 0 radical (unpaired) electrons. The Balaban J connectivity index is 2.22. The highest BCUT2D eigenvalue weighted by Crippen LogP contribution is 2.13. The Morgan fingerprint density at radius 1 is 1.62 bits per heavy atom. The number of carbonyl (C=O) groups is 1. The van der Waals surface area contributed by atoms with Crippen molar-refractivity contribution >= 4 is 5.97 Å². The number of carboxylic acids is 1. The van der Waals surface area contributed by atoms with Crippen LogP contribution in [0, 0.1) is 5.41 Å². The maximum Gasteiger partial charge on any atom is 0.310 e. The largest absolute Gasteiger partial charge is 0.481 e. The smallest absolute Gasteiger partial charge is 0.310 e. The first-order chi connectivity index (χ1) is 7.42. The van der Waals surface area contributed by atoms with Crippen LogP contribution in [0.25, 0.3) is 0 Å². The second-order valence-electron chi connectivity index (χ2n) is 5.07. The molecule has 1 rings (SSSR count). The summed E-state index contributed by atoms with van der Waals surface area (Å²) in [7, 11) is 2.07. The van der Waals surface area contributed by atoms with Gasteiger partial charge in [0, 0.05) is 26.2 Å². The summed E-state index contributed by atoms with van der Waals surface area (Å²) < 4.78 is 5.57. The normalized spacial score (nSPS) is 23.3. The lowest BCUT2D eigenvalue weighted by Gasteiger charge is -2.31. The summed E-state index contributed by atoms with van der Waals surface area (Å²) in [5, 5.41) is 12.1. The van der Waals surface area contributed by atoms with Crippen LogP contribution in [0.2, 0.25) is 0 Å². The van der Waals surface area contributed by atoms with Crippen molar-refractivity contribution < 1.29 is 14.6 Å². The molecule has 5 heteroatoms. The molecule has 0 spiro atoms. The SMILES string of the molecule is CN1CCOC(CNCC(C)(C)C(=O)O)C1. The summed E-state index contributed by atoms with van der Waals surface area (Å²) in [6, 6.07) is 0. The molecule has 94 valence electrons. The van der Waals surface area contributed by atoms with E-state index in [0.29, 0.717) is 13.1 Å². The van der Waals surface area contributed by atoms with Crippen LogP contribution in [0.1, 0.15) is 13.8 Å². The molecule has 1 saturated heterocycles. The van der Waals surface area contributed by atoms with Crippen molar-refractivity contribution in [3.8, 4) is 0 Å². The monoisotopic (exact) mass is 230 g/mol. The van der Waals surface area contributed by atoms with Crippen molar-refractivity contribution in [1.82, 2.24) is 10.2 Å². The quantitative estimate of drug-likeness (QED) is 0.697. The summed E-state index contributed by atoms with van der Waals surface area (Å²) in [6.45, 7) is 7.24. The van der Waals surface area contributed by atoms with Gasteiger partial charge in [0.05, 0.1) is 18.1 Å². The number of hydrogen-bond donors (Lipinski definition) is 2. The maximum absolute atomic E-state index is 10.9. The number of nitrogens with zero attached hydrogens (tertiary/aromatic N) is 1. The van der Waals surface area contributed by atoms with Gasteiger partial charge in [0.2, 0.25) is 0 Å². The van der Waals surface area contributed by atoms with E-state index in [1.54, 1.807) is 13.8 Å². The number of carboxylic acid groups (broad SMARTS) is 1. The first kappa shape index (κ1) is 13.4. The second kappa shape index (κ2) is 5.61. The lowest BCUT2D eigenvalue weighted by Crippen LogP contribution is -2.47. The van der Waals surface area contributed by atoms with E-state index in [1.165, 1.54) is 0 Å². The molecule has 0 aromatic rings. The molecule has 0 bridgehead atoms. The van der Waals surface area contributed by atoms with Gasteiger partial charge in [0.25, 0.3) is 0 Å². The van der Waals surface area contributed by atoms with E-state index in [1.807, 2.05) is 0 Å². The average molecular weight is 230 g/mol. The summed E-state index contributed by atoms with van der Waals surface area (Å²) in [6.07, 6.45) is 0.170. The summed E-state index contributed by atoms with van der Waals surface area (Å²) in [4.78, 5) is 13.1. The fraction of sp³-hybridized carbons (Fsp3) is 0.909. The van der Waals surface area contributed by atoms with E-state index in [0.717, 1.165) is 19.7 Å². The average Bonchev–Trinajstić information content (AvgIpc) is 2.17. The highest BCUT2D eigenvalue weighted by molar-refractivity contribution is 5.73.